The van der Waals surface area contributed by atoms with Crippen molar-refractivity contribution in [2.75, 3.05) is 25.5 Å². The highest BCUT2D eigenvalue weighted by Crippen LogP contribution is 2.22. The van der Waals surface area contributed by atoms with Crippen molar-refractivity contribution < 1.29 is 9.53 Å². The van der Waals surface area contributed by atoms with Crippen LogP contribution in [0.1, 0.15) is 28.8 Å². The van der Waals surface area contributed by atoms with Crippen LogP contribution in [0, 0.1) is 11.8 Å². The van der Waals surface area contributed by atoms with Crippen LogP contribution in [0.25, 0.3) is 0 Å². The molecule has 2 heterocycles. The fourth-order valence-corrected chi connectivity index (χ4v) is 3.28. The van der Waals surface area contributed by atoms with Gasteiger partial charge in [0.15, 0.2) is 0 Å². The monoisotopic (exact) mass is 499 g/mol. The van der Waals surface area contributed by atoms with Crippen molar-refractivity contribution >= 4 is 35.1 Å². The number of carbonyl (C=O) groups excluding carboxylic acids is 1. The van der Waals surface area contributed by atoms with Crippen LogP contribution in [-0.4, -0.2) is 40.6 Å². The maximum absolute atomic E-state index is 12.7. The molecule has 0 saturated heterocycles. The number of hydrogen-bond acceptors (Lipinski definition) is 6. The Hall–Kier alpha value is -3.54. The Morgan fingerprint density at radius 2 is 1.91 bits per heavy atom. The van der Waals surface area contributed by atoms with Gasteiger partial charge in [0.1, 0.15) is 5.56 Å². The van der Waals surface area contributed by atoms with E-state index in [0.29, 0.717) is 47.8 Å². The largest absolute Gasteiger partial charge is 0.481 e. The lowest BCUT2D eigenvalue weighted by Crippen LogP contribution is -2.33. The number of halogens is 2. The Bertz CT molecular complexity index is 1270. The van der Waals surface area contributed by atoms with E-state index in [1.54, 1.807) is 49.8 Å². The summed E-state index contributed by atoms with van der Waals surface area (Å²) in [6.45, 7) is 1.19. The van der Waals surface area contributed by atoms with Gasteiger partial charge in [-0.2, -0.15) is 4.98 Å². The third-order valence-corrected chi connectivity index (χ3v) is 5.37. The standard InChI is InChI=1S/C24H23Cl2N5O3/c1-34-21-10-13-29-24(30-21)28-12-5-3-2-4-11-27-22(32)18-7-6-14-31(23(18)33)16-17-8-9-19(25)20(26)15-17/h6-10,13-15H,4-5,11-12,16H2,1H3,(H,27,32)(H,28,29,30). The molecule has 0 saturated carbocycles. The number of pyridine rings is 1. The highest BCUT2D eigenvalue weighted by Gasteiger charge is 2.12. The van der Waals surface area contributed by atoms with Crippen molar-refractivity contribution in [2.45, 2.75) is 19.4 Å². The van der Waals surface area contributed by atoms with E-state index in [-0.39, 0.29) is 17.7 Å². The van der Waals surface area contributed by atoms with Gasteiger partial charge in [0.2, 0.25) is 11.8 Å². The van der Waals surface area contributed by atoms with E-state index >= 15 is 0 Å². The van der Waals surface area contributed by atoms with Gasteiger partial charge in [-0.15, -0.1) is 11.8 Å². The van der Waals surface area contributed by atoms with E-state index in [9.17, 15) is 9.59 Å². The van der Waals surface area contributed by atoms with Crippen LogP contribution in [0.3, 0.4) is 0 Å². The fraction of sp³-hybridized carbons (Fsp3) is 0.250. The average molecular weight is 500 g/mol. The number of nitrogens with zero attached hydrogens (tertiary/aromatic N) is 3. The van der Waals surface area contributed by atoms with Gasteiger partial charge < -0.3 is 19.9 Å². The summed E-state index contributed by atoms with van der Waals surface area (Å²) in [7, 11) is 1.54. The SMILES string of the molecule is COc1ccnc(NCCC#CCCNC(=O)c2cccn(Cc3ccc(Cl)c(Cl)c3)c2=O)n1. The Morgan fingerprint density at radius 3 is 2.68 bits per heavy atom. The summed E-state index contributed by atoms with van der Waals surface area (Å²) in [6.07, 6.45) is 4.29. The van der Waals surface area contributed by atoms with E-state index in [4.69, 9.17) is 27.9 Å². The van der Waals surface area contributed by atoms with Gasteiger partial charge >= 0.3 is 0 Å². The van der Waals surface area contributed by atoms with Crippen molar-refractivity contribution in [3.8, 4) is 17.7 Å². The third kappa shape index (κ3) is 7.24. The highest BCUT2D eigenvalue weighted by atomic mass is 35.5. The summed E-state index contributed by atoms with van der Waals surface area (Å²) < 4.78 is 6.49. The van der Waals surface area contributed by atoms with Gasteiger partial charge in [-0.25, -0.2) is 4.98 Å². The second kappa shape index (κ2) is 12.6. The van der Waals surface area contributed by atoms with Gasteiger partial charge in [-0.3, -0.25) is 9.59 Å². The number of hydrogen-bond donors (Lipinski definition) is 2. The topological polar surface area (TPSA) is 98.1 Å². The first-order valence-corrected chi connectivity index (χ1v) is 11.2. The van der Waals surface area contributed by atoms with Crippen LogP contribution in [0.2, 0.25) is 10.0 Å². The van der Waals surface area contributed by atoms with Crippen LogP contribution >= 0.6 is 23.2 Å². The molecule has 176 valence electrons. The Morgan fingerprint density at radius 1 is 1.12 bits per heavy atom. The van der Waals surface area contributed by atoms with Crippen molar-refractivity contribution in [3.05, 3.63) is 80.3 Å². The number of benzene rings is 1. The molecule has 10 heteroatoms. The number of ether oxygens (including phenoxy) is 1. The molecule has 0 aliphatic rings. The zero-order valence-corrected chi connectivity index (χ0v) is 20.0. The predicted molar refractivity (Wildman–Crippen MR) is 133 cm³/mol. The van der Waals surface area contributed by atoms with Gasteiger partial charge in [0.25, 0.3) is 11.5 Å². The summed E-state index contributed by atoms with van der Waals surface area (Å²) in [5, 5.41) is 6.64. The van der Waals surface area contributed by atoms with Crippen LogP contribution in [-0.2, 0) is 6.54 Å². The first-order chi connectivity index (χ1) is 16.5. The molecule has 0 spiro atoms. The molecule has 34 heavy (non-hydrogen) atoms. The molecule has 3 aromatic rings. The molecule has 0 unspecified atom stereocenters. The number of methoxy groups -OCH3 is 1. The minimum absolute atomic E-state index is 0.0676. The normalized spacial score (nSPS) is 10.2. The van der Waals surface area contributed by atoms with Crippen LogP contribution in [0.4, 0.5) is 5.95 Å². The Labute approximate surface area is 207 Å². The summed E-state index contributed by atoms with van der Waals surface area (Å²) >= 11 is 12.0. The number of aromatic nitrogens is 3. The summed E-state index contributed by atoms with van der Waals surface area (Å²) in [4.78, 5) is 33.4. The van der Waals surface area contributed by atoms with Gasteiger partial charge in [-0.05, 0) is 29.8 Å². The molecule has 8 nitrogen and oxygen atoms in total. The van der Waals surface area contributed by atoms with Crippen molar-refractivity contribution in [1.82, 2.24) is 19.9 Å². The first kappa shape index (κ1) is 25.1. The molecule has 2 N–H and O–H groups in total. The molecule has 0 bridgehead atoms. The van der Waals surface area contributed by atoms with Crippen molar-refractivity contribution in [1.29, 1.82) is 0 Å². The zero-order chi connectivity index (χ0) is 24.3. The minimum Gasteiger partial charge on any atom is -0.481 e. The third-order valence-electron chi connectivity index (χ3n) is 4.63. The van der Waals surface area contributed by atoms with Crippen molar-refractivity contribution in [3.63, 3.8) is 0 Å². The molecule has 0 aliphatic carbocycles. The molecule has 0 aliphatic heterocycles. The van der Waals surface area contributed by atoms with Gasteiger partial charge in [0.05, 0.1) is 23.7 Å². The maximum atomic E-state index is 12.7. The molecule has 0 radical (unpaired) electrons. The number of rotatable bonds is 9. The lowest BCUT2D eigenvalue weighted by Gasteiger charge is -2.09. The average Bonchev–Trinajstić information content (AvgIpc) is 2.84. The molecule has 3 rings (SSSR count). The maximum Gasteiger partial charge on any atom is 0.263 e. The van der Waals surface area contributed by atoms with E-state index in [1.807, 2.05) is 0 Å². The van der Waals surface area contributed by atoms with E-state index in [1.165, 1.54) is 10.6 Å². The lowest BCUT2D eigenvalue weighted by atomic mass is 10.2. The summed E-state index contributed by atoms with van der Waals surface area (Å²) in [5.74, 6) is 6.53. The molecule has 1 aromatic carbocycles. The first-order valence-electron chi connectivity index (χ1n) is 10.5. The van der Waals surface area contributed by atoms with Gasteiger partial charge in [-0.1, -0.05) is 29.3 Å². The number of amides is 1. The molecule has 2 aromatic heterocycles. The smallest absolute Gasteiger partial charge is 0.263 e. The Balaban J connectivity index is 1.45. The van der Waals surface area contributed by atoms with Gasteiger partial charge in [0, 0.05) is 44.4 Å². The van der Waals surface area contributed by atoms with Crippen LogP contribution in [0.5, 0.6) is 5.88 Å². The molecule has 0 atom stereocenters. The van der Waals surface area contributed by atoms with E-state index < -0.39 is 5.91 Å². The van der Waals surface area contributed by atoms with Crippen LogP contribution in [0.15, 0.2) is 53.6 Å². The minimum atomic E-state index is -0.438. The quantitative estimate of drug-likeness (QED) is 0.344. The number of carbonyl (C=O) groups is 1. The molecule has 0 fully saturated rings. The zero-order valence-electron chi connectivity index (χ0n) is 18.5. The molecular formula is C24H23Cl2N5O3. The fourth-order valence-electron chi connectivity index (χ4n) is 2.96. The van der Waals surface area contributed by atoms with E-state index in [2.05, 4.69) is 32.4 Å². The number of nitrogens with one attached hydrogen (secondary N) is 2. The molecular weight excluding hydrogens is 477 g/mol. The highest BCUT2D eigenvalue weighted by molar-refractivity contribution is 6.42. The van der Waals surface area contributed by atoms with E-state index in [0.717, 1.165) is 5.56 Å². The Kier molecular flexibility index (Phi) is 9.32. The summed E-state index contributed by atoms with van der Waals surface area (Å²) in [6, 6.07) is 9.98. The molecule has 1 amide bonds. The predicted octanol–water partition coefficient (Wildman–Crippen LogP) is 3.63. The number of anilines is 1. The van der Waals surface area contributed by atoms with Crippen molar-refractivity contribution in [2.24, 2.45) is 0 Å². The van der Waals surface area contributed by atoms with Crippen LogP contribution < -0.4 is 20.9 Å². The summed E-state index contributed by atoms with van der Waals surface area (Å²) in [5.41, 5.74) is 0.484. The second-order valence-corrected chi connectivity index (χ2v) is 7.88. The second-order valence-electron chi connectivity index (χ2n) is 7.06. The lowest BCUT2D eigenvalue weighted by molar-refractivity contribution is 0.0952.